The number of rotatable bonds is 4. The largest absolute Gasteiger partial charge is 0.467 e. The Bertz CT molecular complexity index is 529. The van der Waals surface area contributed by atoms with Gasteiger partial charge in [-0.05, 0) is 5.56 Å². The van der Waals surface area contributed by atoms with Crippen LogP contribution in [-0.4, -0.2) is 31.1 Å². The third-order valence-electron chi connectivity index (χ3n) is 3.20. The molecule has 106 valence electrons. The summed E-state index contributed by atoms with van der Waals surface area (Å²) in [6, 6.07) is 9.03. The van der Waals surface area contributed by atoms with E-state index in [1.807, 2.05) is 18.2 Å². The second-order valence-corrected chi connectivity index (χ2v) is 4.53. The molecule has 0 spiro atoms. The van der Waals surface area contributed by atoms with Gasteiger partial charge in [-0.1, -0.05) is 30.3 Å². The van der Waals surface area contributed by atoms with Crippen molar-refractivity contribution in [1.29, 1.82) is 0 Å². The van der Waals surface area contributed by atoms with Crippen LogP contribution in [0.2, 0.25) is 0 Å². The zero-order valence-electron chi connectivity index (χ0n) is 11.4. The van der Waals surface area contributed by atoms with Crippen molar-refractivity contribution in [2.75, 3.05) is 13.7 Å². The highest BCUT2D eigenvalue weighted by atomic mass is 16.6. The standard InChI is InChI=1S/C14H16N2O4/c1-10(17)20-12(11-6-4-3-5-7-11)14(13(18)19-2)8-9-15-16-14/h3-7,12H,8-9H2,1-2H3/t12-,14-/m1/s1. The molecule has 0 saturated carbocycles. The maximum Gasteiger partial charge on any atom is 0.340 e. The van der Waals surface area contributed by atoms with Crippen LogP contribution in [0.25, 0.3) is 0 Å². The molecule has 0 fully saturated rings. The highest BCUT2D eigenvalue weighted by molar-refractivity contribution is 5.83. The predicted octanol–water partition coefficient (Wildman–Crippen LogP) is 2.06. The molecule has 6 heteroatoms. The van der Waals surface area contributed by atoms with Gasteiger partial charge in [-0.2, -0.15) is 10.2 Å². The SMILES string of the molecule is COC(=O)[C@]1([C@H](OC(C)=O)c2ccccc2)CCN=N1. The number of carbonyl (C=O) groups is 2. The minimum Gasteiger partial charge on any atom is -0.467 e. The van der Waals surface area contributed by atoms with Gasteiger partial charge in [0, 0.05) is 13.3 Å². The number of hydrogen-bond acceptors (Lipinski definition) is 6. The number of azo groups is 1. The minimum atomic E-state index is -1.29. The molecule has 2 rings (SSSR count). The molecule has 1 aromatic carbocycles. The third-order valence-corrected chi connectivity index (χ3v) is 3.20. The van der Waals surface area contributed by atoms with E-state index in [2.05, 4.69) is 10.2 Å². The Morgan fingerprint density at radius 3 is 2.50 bits per heavy atom. The fraction of sp³-hybridized carbons (Fsp3) is 0.429. The van der Waals surface area contributed by atoms with E-state index in [1.165, 1.54) is 14.0 Å². The van der Waals surface area contributed by atoms with E-state index in [1.54, 1.807) is 12.1 Å². The molecule has 1 aromatic rings. The first-order valence-corrected chi connectivity index (χ1v) is 6.29. The van der Waals surface area contributed by atoms with Crippen LogP contribution in [-0.2, 0) is 19.1 Å². The zero-order chi connectivity index (χ0) is 14.6. The fourth-order valence-electron chi connectivity index (χ4n) is 2.29. The third kappa shape index (κ3) is 2.54. The molecular formula is C14H16N2O4. The Balaban J connectivity index is 2.46. The molecule has 0 bridgehead atoms. The first-order valence-electron chi connectivity index (χ1n) is 6.29. The van der Waals surface area contributed by atoms with E-state index in [0.29, 0.717) is 18.5 Å². The molecule has 0 aliphatic carbocycles. The van der Waals surface area contributed by atoms with E-state index in [0.717, 1.165) is 0 Å². The summed E-state index contributed by atoms with van der Waals surface area (Å²) in [5.74, 6) is -1.03. The van der Waals surface area contributed by atoms with Crippen LogP contribution in [0.15, 0.2) is 40.6 Å². The minimum absolute atomic E-state index is 0.354. The van der Waals surface area contributed by atoms with E-state index in [4.69, 9.17) is 9.47 Å². The Kier molecular flexibility index (Phi) is 4.12. The molecule has 1 heterocycles. The fourth-order valence-corrected chi connectivity index (χ4v) is 2.29. The first kappa shape index (κ1) is 14.2. The number of carbonyl (C=O) groups excluding carboxylic acids is 2. The molecule has 0 saturated heterocycles. The summed E-state index contributed by atoms with van der Waals surface area (Å²) < 4.78 is 10.2. The van der Waals surface area contributed by atoms with Gasteiger partial charge in [-0.3, -0.25) is 4.79 Å². The zero-order valence-corrected chi connectivity index (χ0v) is 11.4. The quantitative estimate of drug-likeness (QED) is 0.789. The van der Waals surface area contributed by atoms with Crippen LogP contribution in [0, 0.1) is 0 Å². The summed E-state index contributed by atoms with van der Waals surface area (Å²) in [6.45, 7) is 1.70. The van der Waals surface area contributed by atoms with Gasteiger partial charge in [0.2, 0.25) is 5.54 Å². The maximum atomic E-state index is 12.2. The summed E-state index contributed by atoms with van der Waals surface area (Å²) in [5, 5.41) is 7.93. The molecule has 1 aliphatic rings. The average molecular weight is 276 g/mol. The van der Waals surface area contributed by atoms with Crippen LogP contribution in [0.4, 0.5) is 0 Å². The van der Waals surface area contributed by atoms with Gasteiger partial charge in [0.25, 0.3) is 0 Å². The molecule has 0 aromatic heterocycles. The lowest BCUT2D eigenvalue weighted by Crippen LogP contribution is -2.44. The Morgan fingerprint density at radius 1 is 1.30 bits per heavy atom. The van der Waals surface area contributed by atoms with E-state index in [9.17, 15) is 9.59 Å². The molecule has 0 amide bonds. The molecule has 0 unspecified atom stereocenters. The van der Waals surface area contributed by atoms with Crippen molar-refractivity contribution in [3.8, 4) is 0 Å². The Hall–Kier alpha value is -2.24. The second kappa shape index (κ2) is 5.81. The smallest absolute Gasteiger partial charge is 0.340 e. The van der Waals surface area contributed by atoms with Crippen LogP contribution < -0.4 is 0 Å². The maximum absolute atomic E-state index is 12.2. The number of methoxy groups -OCH3 is 1. The Labute approximate surface area is 116 Å². The predicted molar refractivity (Wildman–Crippen MR) is 70.0 cm³/mol. The lowest BCUT2D eigenvalue weighted by molar-refractivity contribution is -0.161. The van der Waals surface area contributed by atoms with Crippen molar-refractivity contribution in [2.24, 2.45) is 10.2 Å². The van der Waals surface area contributed by atoms with Crippen molar-refractivity contribution in [1.82, 2.24) is 0 Å². The van der Waals surface area contributed by atoms with Crippen LogP contribution in [0.3, 0.4) is 0 Å². The van der Waals surface area contributed by atoms with Crippen molar-refractivity contribution >= 4 is 11.9 Å². The van der Waals surface area contributed by atoms with Crippen molar-refractivity contribution in [3.63, 3.8) is 0 Å². The van der Waals surface area contributed by atoms with Crippen molar-refractivity contribution in [3.05, 3.63) is 35.9 Å². The molecule has 1 aliphatic heterocycles. The molecule has 2 atom stereocenters. The topological polar surface area (TPSA) is 77.3 Å². The number of esters is 2. The molecule has 0 radical (unpaired) electrons. The summed E-state index contributed by atoms with van der Waals surface area (Å²) in [7, 11) is 1.29. The highest BCUT2D eigenvalue weighted by Gasteiger charge is 2.52. The summed E-state index contributed by atoms with van der Waals surface area (Å²) in [5.41, 5.74) is -0.601. The summed E-state index contributed by atoms with van der Waals surface area (Å²) in [4.78, 5) is 23.6. The monoisotopic (exact) mass is 276 g/mol. The van der Waals surface area contributed by atoms with Crippen LogP contribution >= 0.6 is 0 Å². The second-order valence-electron chi connectivity index (χ2n) is 4.53. The normalized spacial score (nSPS) is 22.3. The lowest BCUT2D eigenvalue weighted by Gasteiger charge is -2.30. The lowest BCUT2D eigenvalue weighted by atomic mass is 9.85. The van der Waals surface area contributed by atoms with E-state index >= 15 is 0 Å². The van der Waals surface area contributed by atoms with Crippen LogP contribution in [0.1, 0.15) is 25.0 Å². The van der Waals surface area contributed by atoms with Crippen molar-refractivity contribution in [2.45, 2.75) is 25.0 Å². The average Bonchev–Trinajstić information content (AvgIpc) is 2.95. The van der Waals surface area contributed by atoms with E-state index in [-0.39, 0.29) is 0 Å². The molecule has 6 nitrogen and oxygen atoms in total. The molecule has 0 N–H and O–H groups in total. The molecule has 20 heavy (non-hydrogen) atoms. The number of benzene rings is 1. The van der Waals surface area contributed by atoms with Gasteiger partial charge in [0.05, 0.1) is 13.7 Å². The molecular weight excluding hydrogens is 260 g/mol. The van der Waals surface area contributed by atoms with Gasteiger partial charge in [0.15, 0.2) is 6.10 Å². The van der Waals surface area contributed by atoms with Gasteiger partial charge < -0.3 is 9.47 Å². The number of nitrogens with zero attached hydrogens (tertiary/aromatic N) is 2. The van der Waals surface area contributed by atoms with Crippen molar-refractivity contribution < 1.29 is 19.1 Å². The van der Waals surface area contributed by atoms with Crippen LogP contribution in [0.5, 0.6) is 0 Å². The Morgan fingerprint density at radius 2 is 2.00 bits per heavy atom. The summed E-state index contributed by atoms with van der Waals surface area (Å²) >= 11 is 0. The van der Waals surface area contributed by atoms with Gasteiger partial charge in [0.1, 0.15) is 0 Å². The van der Waals surface area contributed by atoms with Gasteiger partial charge in [-0.15, -0.1) is 0 Å². The van der Waals surface area contributed by atoms with Gasteiger partial charge >= 0.3 is 11.9 Å². The number of hydrogen-bond donors (Lipinski definition) is 0. The number of ether oxygens (including phenoxy) is 2. The highest BCUT2D eigenvalue weighted by Crippen LogP contribution is 2.40. The summed E-state index contributed by atoms with van der Waals surface area (Å²) in [6.07, 6.45) is -0.480. The first-order chi connectivity index (χ1) is 9.60. The van der Waals surface area contributed by atoms with Gasteiger partial charge in [-0.25, -0.2) is 4.79 Å². The van der Waals surface area contributed by atoms with E-state index < -0.39 is 23.6 Å².